The number of aryl methyl sites for hydroxylation is 1. The molecule has 1 atom stereocenters. The van der Waals surface area contributed by atoms with Gasteiger partial charge in [0.25, 0.3) is 0 Å². The van der Waals surface area contributed by atoms with Crippen LogP contribution in [0.5, 0.6) is 5.75 Å². The van der Waals surface area contributed by atoms with Crippen molar-refractivity contribution in [3.8, 4) is 5.75 Å². The number of nitrogens with one attached hydrogen (secondary N) is 1. The highest BCUT2D eigenvalue weighted by molar-refractivity contribution is 7.89. The number of carbonyl (C=O) groups excluding carboxylic acids is 2. The van der Waals surface area contributed by atoms with Crippen LogP contribution in [0.2, 0.25) is 0 Å². The van der Waals surface area contributed by atoms with Crippen LogP contribution in [0.25, 0.3) is 0 Å². The zero-order valence-electron chi connectivity index (χ0n) is 19.6. The first-order chi connectivity index (χ1) is 16.3. The van der Waals surface area contributed by atoms with Crippen LogP contribution in [-0.2, 0) is 26.0 Å². The summed E-state index contributed by atoms with van der Waals surface area (Å²) < 4.78 is 33.7. The summed E-state index contributed by atoms with van der Waals surface area (Å²) in [5.41, 5.74) is 1.87. The fourth-order valence-electron chi connectivity index (χ4n) is 4.62. The van der Waals surface area contributed by atoms with Gasteiger partial charge in [0.2, 0.25) is 21.8 Å². The molecule has 0 bridgehead atoms. The Morgan fingerprint density at radius 3 is 2.71 bits per heavy atom. The average Bonchev–Trinajstić information content (AvgIpc) is 2.82. The summed E-state index contributed by atoms with van der Waals surface area (Å²) in [7, 11) is -3.61. The standard InChI is InChI=1S/C25H31N3O5S/c1-3-33-23-10-5-4-9-21(23)26-24(29)17-27-22-13-12-20(16-19(22)11-14-25(27)30)34(31,32)28-15-7-6-8-18(28)2/h4-5,9-10,12-13,16,18H,3,6-8,11,14-15,17H2,1-2H3,(H,26,29)/t18-/m1/s1. The first kappa shape index (κ1) is 24.2. The SMILES string of the molecule is CCOc1ccccc1NC(=O)CN1C(=O)CCc2cc(S(=O)(=O)N3CCCC[C@H]3C)ccc21. The van der Waals surface area contributed by atoms with Crippen LogP contribution in [0, 0.1) is 0 Å². The molecule has 4 rings (SSSR count). The molecule has 2 aromatic carbocycles. The second-order valence-corrected chi connectivity index (χ2v) is 10.6. The van der Waals surface area contributed by atoms with E-state index >= 15 is 0 Å². The molecule has 1 fully saturated rings. The molecule has 2 aromatic rings. The van der Waals surface area contributed by atoms with Crippen LogP contribution >= 0.6 is 0 Å². The Kier molecular flexibility index (Phi) is 7.23. The number of carbonyl (C=O) groups is 2. The third kappa shape index (κ3) is 4.95. The lowest BCUT2D eigenvalue weighted by Crippen LogP contribution is -2.42. The lowest BCUT2D eigenvalue weighted by atomic mass is 10.0. The Labute approximate surface area is 200 Å². The van der Waals surface area contributed by atoms with Gasteiger partial charge in [0, 0.05) is 24.7 Å². The number of ether oxygens (including phenoxy) is 1. The van der Waals surface area contributed by atoms with E-state index in [1.807, 2.05) is 19.9 Å². The molecule has 182 valence electrons. The molecule has 1 N–H and O–H groups in total. The molecule has 0 aliphatic carbocycles. The van der Waals surface area contributed by atoms with Gasteiger partial charge in [-0.05, 0) is 69.0 Å². The van der Waals surface area contributed by atoms with Crippen molar-refractivity contribution in [2.75, 3.05) is 29.9 Å². The molecule has 2 aliphatic heterocycles. The van der Waals surface area contributed by atoms with Crippen molar-refractivity contribution in [3.05, 3.63) is 48.0 Å². The number of nitrogens with zero attached hydrogens (tertiary/aromatic N) is 2. The molecule has 0 unspecified atom stereocenters. The molecular weight excluding hydrogens is 454 g/mol. The fraction of sp³-hybridized carbons (Fsp3) is 0.440. The third-order valence-electron chi connectivity index (χ3n) is 6.36. The van der Waals surface area contributed by atoms with Crippen LogP contribution < -0.4 is 15.0 Å². The lowest BCUT2D eigenvalue weighted by molar-refractivity contribution is -0.121. The number of piperidine rings is 1. The lowest BCUT2D eigenvalue weighted by Gasteiger charge is -2.33. The van der Waals surface area contributed by atoms with Crippen molar-refractivity contribution >= 4 is 33.2 Å². The number of hydrogen-bond donors (Lipinski definition) is 1. The highest BCUT2D eigenvalue weighted by atomic mass is 32.2. The van der Waals surface area contributed by atoms with E-state index in [1.54, 1.807) is 40.7 Å². The van der Waals surface area contributed by atoms with Crippen molar-refractivity contribution in [2.45, 2.75) is 56.9 Å². The molecule has 8 nitrogen and oxygen atoms in total. The van der Waals surface area contributed by atoms with E-state index in [4.69, 9.17) is 4.74 Å². The second kappa shape index (κ2) is 10.1. The third-order valence-corrected chi connectivity index (χ3v) is 8.37. The van der Waals surface area contributed by atoms with Crippen LogP contribution in [0.1, 0.15) is 45.1 Å². The molecular formula is C25H31N3O5S. The zero-order valence-corrected chi connectivity index (χ0v) is 20.4. The van der Waals surface area contributed by atoms with Gasteiger partial charge in [-0.3, -0.25) is 9.59 Å². The summed E-state index contributed by atoms with van der Waals surface area (Å²) in [5.74, 6) is 0.0405. The minimum absolute atomic E-state index is 0.0314. The van der Waals surface area contributed by atoms with Gasteiger partial charge in [0.15, 0.2) is 0 Å². The van der Waals surface area contributed by atoms with Crippen molar-refractivity contribution in [2.24, 2.45) is 0 Å². The summed E-state index contributed by atoms with van der Waals surface area (Å²) >= 11 is 0. The predicted octanol–water partition coefficient (Wildman–Crippen LogP) is 3.57. The smallest absolute Gasteiger partial charge is 0.244 e. The van der Waals surface area contributed by atoms with Crippen LogP contribution in [0.4, 0.5) is 11.4 Å². The van der Waals surface area contributed by atoms with E-state index in [1.165, 1.54) is 4.90 Å². The van der Waals surface area contributed by atoms with E-state index < -0.39 is 10.0 Å². The average molecular weight is 486 g/mol. The molecule has 2 amide bonds. The maximum absolute atomic E-state index is 13.3. The van der Waals surface area contributed by atoms with E-state index in [0.29, 0.717) is 36.7 Å². The van der Waals surface area contributed by atoms with Crippen molar-refractivity contribution in [1.29, 1.82) is 0 Å². The Hall–Kier alpha value is -2.91. The highest BCUT2D eigenvalue weighted by Gasteiger charge is 2.33. The fourth-order valence-corrected chi connectivity index (χ4v) is 6.37. The van der Waals surface area contributed by atoms with Gasteiger partial charge in [0.05, 0.1) is 17.2 Å². The Bertz CT molecular complexity index is 1180. The monoisotopic (exact) mass is 485 g/mol. The van der Waals surface area contributed by atoms with Gasteiger partial charge >= 0.3 is 0 Å². The van der Waals surface area contributed by atoms with Crippen molar-refractivity contribution < 1.29 is 22.7 Å². The van der Waals surface area contributed by atoms with Crippen LogP contribution in [-0.4, -0.2) is 50.3 Å². The first-order valence-corrected chi connectivity index (χ1v) is 13.2. The molecule has 0 aromatic heterocycles. The molecule has 0 saturated carbocycles. The molecule has 2 aliphatic rings. The summed E-state index contributed by atoms with van der Waals surface area (Å²) in [5, 5.41) is 2.82. The van der Waals surface area contributed by atoms with Crippen molar-refractivity contribution in [3.63, 3.8) is 0 Å². The minimum Gasteiger partial charge on any atom is -0.492 e. The number of hydrogen-bond acceptors (Lipinski definition) is 5. The van der Waals surface area contributed by atoms with Gasteiger partial charge in [-0.15, -0.1) is 0 Å². The predicted molar refractivity (Wildman–Crippen MR) is 131 cm³/mol. The van der Waals surface area contributed by atoms with E-state index in [9.17, 15) is 18.0 Å². The van der Waals surface area contributed by atoms with Crippen LogP contribution in [0.3, 0.4) is 0 Å². The van der Waals surface area contributed by atoms with Gasteiger partial charge in [0.1, 0.15) is 12.3 Å². The summed E-state index contributed by atoms with van der Waals surface area (Å²) in [6, 6.07) is 12.0. The van der Waals surface area contributed by atoms with E-state index in [2.05, 4.69) is 5.32 Å². The largest absolute Gasteiger partial charge is 0.492 e. The Balaban J connectivity index is 1.54. The molecule has 0 spiro atoms. The van der Waals surface area contributed by atoms with Gasteiger partial charge < -0.3 is 15.0 Å². The number of fused-ring (bicyclic) bond motifs is 1. The molecule has 1 saturated heterocycles. The van der Waals surface area contributed by atoms with Gasteiger partial charge in [-0.25, -0.2) is 8.42 Å². The molecule has 34 heavy (non-hydrogen) atoms. The zero-order chi connectivity index (χ0) is 24.3. The second-order valence-electron chi connectivity index (χ2n) is 8.71. The number of benzene rings is 2. The molecule has 9 heteroatoms. The van der Waals surface area contributed by atoms with Crippen molar-refractivity contribution in [1.82, 2.24) is 4.31 Å². The number of para-hydroxylation sites is 2. The van der Waals surface area contributed by atoms with E-state index in [-0.39, 0.29) is 35.7 Å². The summed E-state index contributed by atoms with van der Waals surface area (Å²) in [6.07, 6.45) is 3.41. The van der Waals surface area contributed by atoms with E-state index in [0.717, 1.165) is 24.8 Å². The number of anilines is 2. The normalized spacial score (nSPS) is 18.9. The summed E-state index contributed by atoms with van der Waals surface area (Å²) in [4.78, 5) is 27.1. The maximum Gasteiger partial charge on any atom is 0.244 e. The number of amides is 2. The van der Waals surface area contributed by atoms with Gasteiger partial charge in [-0.1, -0.05) is 18.6 Å². The first-order valence-electron chi connectivity index (χ1n) is 11.8. The Morgan fingerprint density at radius 2 is 1.94 bits per heavy atom. The Morgan fingerprint density at radius 1 is 1.15 bits per heavy atom. The number of rotatable bonds is 7. The highest BCUT2D eigenvalue weighted by Crippen LogP contribution is 2.33. The quantitative estimate of drug-likeness (QED) is 0.647. The topological polar surface area (TPSA) is 96.0 Å². The maximum atomic E-state index is 13.3. The molecule has 2 heterocycles. The number of sulfonamides is 1. The van der Waals surface area contributed by atoms with Gasteiger partial charge in [-0.2, -0.15) is 4.31 Å². The van der Waals surface area contributed by atoms with Crippen LogP contribution in [0.15, 0.2) is 47.4 Å². The minimum atomic E-state index is -3.61. The summed E-state index contributed by atoms with van der Waals surface area (Å²) in [6.45, 7) is 4.63. The molecule has 0 radical (unpaired) electrons.